The number of nitro groups is 1. The number of hydrogen-bond acceptors (Lipinski definition) is 5. The zero-order valence-corrected chi connectivity index (χ0v) is 10.4. The fraction of sp³-hybridized carbons (Fsp3) is 0.0769. The van der Waals surface area contributed by atoms with Crippen molar-refractivity contribution in [2.45, 2.75) is 0 Å². The summed E-state index contributed by atoms with van der Waals surface area (Å²) in [5.41, 5.74) is -0.136. The molecule has 1 N–H and O–H groups in total. The van der Waals surface area contributed by atoms with Crippen molar-refractivity contribution in [1.82, 2.24) is 4.98 Å². The second kappa shape index (κ2) is 6.28. The van der Waals surface area contributed by atoms with Gasteiger partial charge in [-0.1, -0.05) is 18.2 Å². The fourth-order valence-electron chi connectivity index (χ4n) is 1.41. The second-order valence-electron chi connectivity index (χ2n) is 3.81. The van der Waals surface area contributed by atoms with Crippen molar-refractivity contribution in [2.75, 3.05) is 11.9 Å². The summed E-state index contributed by atoms with van der Waals surface area (Å²) in [5, 5.41) is 12.9. The summed E-state index contributed by atoms with van der Waals surface area (Å²) in [7, 11) is 0. The molecule has 1 aromatic heterocycles. The Morgan fingerprint density at radius 2 is 2.00 bits per heavy atom. The van der Waals surface area contributed by atoms with Crippen LogP contribution in [0.15, 0.2) is 48.7 Å². The van der Waals surface area contributed by atoms with Gasteiger partial charge in [-0.2, -0.15) is 0 Å². The van der Waals surface area contributed by atoms with Crippen LogP contribution < -0.4 is 10.1 Å². The first-order valence-electron chi connectivity index (χ1n) is 5.73. The largest absolute Gasteiger partial charge is 0.484 e. The predicted molar refractivity (Wildman–Crippen MR) is 71.5 cm³/mol. The molecule has 1 aromatic carbocycles. The van der Waals surface area contributed by atoms with Crippen LogP contribution in [-0.4, -0.2) is 22.4 Å². The van der Waals surface area contributed by atoms with E-state index in [2.05, 4.69) is 10.3 Å². The highest BCUT2D eigenvalue weighted by atomic mass is 16.6. The van der Waals surface area contributed by atoms with Gasteiger partial charge in [-0.3, -0.25) is 14.9 Å². The SMILES string of the molecule is O=C(COc1ccccc1)Nc1ccc([N+](=O)[O-])cn1. The van der Waals surface area contributed by atoms with E-state index < -0.39 is 10.8 Å². The standard InChI is InChI=1S/C13H11N3O4/c17-13(9-20-11-4-2-1-3-5-11)15-12-7-6-10(8-14-12)16(18)19/h1-8H,9H2,(H,14,15,17). The molecule has 102 valence electrons. The number of anilines is 1. The van der Waals surface area contributed by atoms with Crippen molar-refractivity contribution < 1.29 is 14.5 Å². The summed E-state index contributed by atoms with van der Waals surface area (Å²) in [6.45, 7) is -0.164. The Morgan fingerprint density at radius 3 is 2.60 bits per heavy atom. The second-order valence-corrected chi connectivity index (χ2v) is 3.81. The number of pyridine rings is 1. The topological polar surface area (TPSA) is 94.4 Å². The highest BCUT2D eigenvalue weighted by Crippen LogP contribution is 2.12. The molecule has 0 radical (unpaired) electrons. The number of amides is 1. The third-order valence-electron chi connectivity index (χ3n) is 2.34. The van der Waals surface area contributed by atoms with Crippen LogP contribution in [0.5, 0.6) is 5.75 Å². The van der Waals surface area contributed by atoms with E-state index in [0.29, 0.717) is 5.75 Å². The van der Waals surface area contributed by atoms with E-state index in [-0.39, 0.29) is 18.1 Å². The molecule has 0 bridgehead atoms. The Balaban J connectivity index is 1.86. The molecule has 1 heterocycles. The molecule has 0 aliphatic rings. The first-order chi connectivity index (χ1) is 9.65. The average molecular weight is 273 g/mol. The maximum atomic E-state index is 11.6. The predicted octanol–water partition coefficient (Wildman–Crippen LogP) is 2.01. The molecule has 2 rings (SSSR count). The Labute approximate surface area is 114 Å². The maximum Gasteiger partial charge on any atom is 0.287 e. The molecular weight excluding hydrogens is 262 g/mol. The van der Waals surface area contributed by atoms with Crippen LogP contribution in [0.25, 0.3) is 0 Å². The van der Waals surface area contributed by atoms with Crippen molar-refractivity contribution in [3.8, 4) is 5.75 Å². The molecule has 0 saturated carbocycles. The zero-order chi connectivity index (χ0) is 14.4. The van der Waals surface area contributed by atoms with Gasteiger partial charge in [0.15, 0.2) is 6.61 Å². The number of nitrogens with zero attached hydrogens (tertiary/aromatic N) is 2. The number of nitrogens with one attached hydrogen (secondary N) is 1. The third kappa shape index (κ3) is 3.77. The van der Waals surface area contributed by atoms with Gasteiger partial charge in [0.2, 0.25) is 0 Å². The maximum absolute atomic E-state index is 11.6. The quantitative estimate of drug-likeness (QED) is 0.664. The van der Waals surface area contributed by atoms with Gasteiger partial charge in [-0.25, -0.2) is 4.98 Å². The molecular formula is C13H11N3O4. The lowest BCUT2D eigenvalue weighted by Crippen LogP contribution is -2.20. The number of rotatable bonds is 5. The Kier molecular flexibility index (Phi) is 4.23. The first-order valence-corrected chi connectivity index (χ1v) is 5.73. The minimum Gasteiger partial charge on any atom is -0.484 e. The summed E-state index contributed by atoms with van der Waals surface area (Å²) >= 11 is 0. The fourth-order valence-corrected chi connectivity index (χ4v) is 1.41. The molecule has 0 aliphatic carbocycles. The zero-order valence-electron chi connectivity index (χ0n) is 10.4. The number of carbonyl (C=O) groups is 1. The average Bonchev–Trinajstić information content (AvgIpc) is 2.47. The highest BCUT2D eigenvalue weighted by Gasteiger charge is 2.08. The molecule has 20 heavy (non-hydrogen) atoms. The van der Waals surface area contributed by atoms with Crippen molar-refractivity contribution in [2.24, 2.45) is 0 Å². The molecule has 0 unspecified atom stereocenters. The molecule has 7 nitrogen and oxygen atoms in total. The normalized spacial score (nSPS) is 9.80. The minimum absolute atomic E-state index is 0.136. The van der Waals surface area contributed by atoms with Gasteiger partial charge in [-0.15, -0.1) is 0 Å². The van der Waals surface area contributed by atoms with E-state index in [1.165, 1.54) is 12.1 Å². The van der Waals surface area contributed by atoms with Crippen molar-refractivity contribution in [3.63, 3.8) is 0 Å². The van der Waals surface area contributed by atoms with Crippen LogP contribution in [-0.2, 0) is 4.79 Å². The molecule has 2 aromatic rings. The Hall–Kier alpha value is -2.96. The van der Waals surface area contributed by atoms with Crippen LogP contribution in [0, 0.1) is 10.1 Å². The van der Waals surface area contributed by atoms with Gasteiger partial charge < -0.3 is 10.1 Å². The van der Waals surface area contributed by atoms with Gasteiger partial charge in [-0.05, 0) is 18.2 Å². The summed E-state index contributed by atoms with van der Waals surface area (Å²) < 4.78 is 5.25. The number of ether oxygens (including phenoxy) is 1. The number of benzene rings is 1. The van der Waals surface area contributed by atoms with Crippen LogP contribution in [0.4, 0.5) is 11.5 Å². The molecule has 7 heteroatoms. The number of carbonyl (C=O) groups excluding carboxylic acids is 1. The molecule has 0 atom stereocenters. The summed E-state index contributed by atoms with van der Waals surface area (Å²) in [4.78, 5) is 25.3. The Bertz CT molecular complexity index is 599. The van der Waals surface area contributed by atoms with Crippen molar-refractivity contribution in [1.29, 1.82) is 0 Å². The molecule has 0 fully saturated rings. The van der Waals surface area contributed by atoms with E-state index >= 15 is 0 Å². The van der Waals surface area contributed by atoms with E-state index in [1.807, 2.05) is 6.07 Å². The van der Waals surface area contributed by atoms with Crippen LogP contribution in [0.3, 0.4) is 0 Å². The number of hydrogen-bond donors (Lipinski definition) is 1. The van der Waals surface area contributed by atoms with E-state index in [9.17, 15) is 14.9 Å². The van der Waals surface area contributed by atoms with E-state index in [0.717, 1.165) is 6.20 Å². The summed E-state index contributed by atoms with van der Waals surface area (Å²) in [6, 6.07) is 11.5. The van der Waals surface area contributed by atoms with Gasteiger partial charge in [0.25, 0.3) is 11.6 Å². The van der Waals surface area contributed by atoms with Gasteiger partial charge >= 0.3 is 0 Å². The lowest BCUT2D eigenvalue weighted by atomic mass is 10.3. The Morgan fingerprint density at radius 1 is 1.25 bits per heavy atom. The van der Waals surface area contributed by atoms with E-state index in [4.69, 9.17) is 4.74 Å². The van der Waals surface area contributed by atoms with Gasteiger partial charge in [0.1, 0.15) is 17.8 Å². The molecule has 0 spiro atoms. The van der Waals surface area contributed by atoms with Crippen molar-refractivity contribution >= 4 is 17.4 Å². The van der Waals surface area contributed by atoms with Gasteiger partial charge in [0.05, 0.1) is 4.92 Å². The first kappa shape index (κ1) is 13.5. The van der Waals surface area contributed by atoms with Crippen LogP contribution >= 0.6 is 0 Å². The highest BCUT2D eigenvalue weighted by molar-refractivity contribution is 5.90. The number of para-hydroxylation sites is 1. The lowest BCUT2D eigenvalue weighted by Gasteiger charge is -2.06. The number of aromatic nitrogens is 1. The molecule has 1 amide bonds. The van der Waals surface area contributed by atoms with Crippen LogP contribution in [0.2, 0.25) is 0 Å². The van der Waals surface area contributed by atoms with Crippen LogP contribution in [0.1, 0.15) is 0 Å². The molecule has 0 aliphatic heterocycles. The lowest BCUT2D eigenvalue weighted by molar-refractivity contribution is -0.385. The van der Waals surface area contributed by atoms with Gasteiger partial charge in [0, 0.05) is 6.07 Å². The van der Waals surface area contributed by atoms with E-state index in [1.54, 1.807) is 24.3 Å². The monoisotopic (exact) mass is 273 g/mol. The summed E-state index contributed by atoms with van der Waals surface area (Å²) in [6.07, 6.45) is 1.08. The molecule has 0 saturated heterocycles. The van der Waals surface area contributed by atoms with Crippen molar-refractivity contribution in [3.05, 3.63) is 58.8 Å². The summed E-state index contributed by atoms with van der Waals surface area (Å²) in [5.74, 6) is 0.423. The third-order valence-corrected chi connectivity index (χ3v) is 2.34. The minimum atomic E-state index is -0.558. The smallest absolute Gasteiger partial charge is 0.287 e.